The van der Waals surface area contributed by atoms with E-state index in [4.69, 9.17) is 9.05 Å². The van der Waals surface area contributed by atoms with Gasteiger partial charge >= 0.3 is 7.60 Å². The van der Waals surface area contributed by atoms with Crippen LogP contribution in [-0.2, 0) is 13.6 Å². The van der Waals surface area contributed by atoms with Crippen LogP contribution in [0.25, 0.3) is 5.52 Å². The van der Waals surface area contributed by atoms with Crippen molar-refractivity contribution in [3.8, 4) is 0 Å². The van der Waals surface area contributed by atoms with Crippen molar-refractivity contribution in [3.63, 3.8) is 0 Å². The predicted molar refractivity (Wildman–Crippen MR) is 82.5 cm³/mol. The molecule has 0 fully saturated rings. The molecule has 5 nitrogen and oxygen atoms in total. The molecule has 0 saturated carbocycles. The topological polar surface area (TPSA) is 57.0 Å². The molecule has 0 amide bonds. The second-order valence-corrected chi connectivity index (χ2v) is 6.58. The Balaban J connectivity index is 2.46. The van der Waals surface area contributed by atoms with Crippen LogP contribution < -0.4 is 5.30 Å². The summed E-state index contributed by atoms with van der Waals surface area (Å²) in [5, 5.41) is 0.507. The van der Waals surface area contributed by atoms with Crippen molar-refractivity contribution in [2.24, 2.45) is 0 Å². The first-order chi connectivity index (χ1) is 10.0. The molecule has 0 spiro atoms. The molecule has 0 atom stereocenters. The van der Waals surface area contributed by atoms with E-state index in [1.807, 2.05) is 11.3 Å². The summed E-state index contributed by atoms with van der Waals surface area (Å²) >= 11 is 0. The average molecular weight is 309 g/mol. The van der Waals surface area contributed by atoms with Gasteiger partial charge in [0.05, 0.1) is 18.5 Å². The van der Waals surface area contributed by atoms with Crippen molar-refractivity contribution in [2.45, 2.75) is 27.2 Å². The number of carbonyl (C=O) groups is 1. The molecule has 6 heteroatoms. The molecule has 0 radical (unpaired) electrons. The largest absolute Gasteiger partial charge is 0.361 e. The standard InChI is InChI=1S/C15H20NO4P/c1-4-15(17)12-9-13-10-14(7-8-16(13)11-12)21(18,19-5-2)20-6-3/h7-11H,4-6H2,1-3H3. The molecule has 0 aliphatic carbocycles. The van der Waals surface area contributed by atoms with Gasteiger partial charge in [-0.05, 0) is 32.0 Å². The monoisotopic (exact) mass is 309 g/mol. The Morgan fingerprint density at radius 1 is 1.19 bits per heavy atom. The van der Waals surface area contributed by atoms with E-state index in [9.17, 15) is 9.36 Å². The Kier molecular flexibility index (Phi) is 4.99. The Morgan fingerprint density at radius 3 is 2.43 bits per heavy atom. The van der Waals surface area contributed by atoms with Gasteiger partial charge in [0.2, 0.25) is 0 Å². The van der Waals surface area contributed by atoms with E-state index in [0.29, 0.717) is 30.5 Å². The van der Waals surface area contributed by atoms with Gasteiger partial charge in [-0.3, -0.25) is 9.36 Å². The quantitative estimate of drug-likeness (QED) is 0.581. The predicted octanol–water partition coefficient (Wildman–Crippen LogP) is 3.42. The van der Waals surface area contributed by atoms with Crippen LogP contribution in [0.3, 0.4) is 0 Å². The minimum atomic E-state index is -3.30. The number of fused-ring (bicyclic) bond motifs is 1. The Hall–Kier alpha value is -1.42. The Bertz CT molecular complexity index is 682. The number of rotatable bonds is 7. The van der Waals surface area contributed by atoms with Crippen LogP contribution in [-0.4, -0.2) is 23.4 Å². The van der Waals surface area contributed by atoms with Crippen molar-refractivity contribution < 1.29 is 18.4 Å². The lowest BCUT2D eigenvalue weighted by molar-refractivity contribution is 0.0988. The number of pyridine rings is 1. The maximum absolute atomic E-state index is 12.7. The minimum Gasteiger partial charge on any atom is -0.323 e. The molecule has 0 N–H and O–H groups in total. The fourth-order valence-electron chi connectivity index (χ4n) is 2.15. The van der Waals surface area contributed by atoms with Crippen LogP contribution in [0.1, 0.15) is 37.6 Å². The third-order valence-electron chi connectivity index (χ3n) is 3.14. The van der Waals surface area contributed by atoms with Crippen molar-refractivity contribution in [2.75, 3.05) is 13.2 Å². The maximum Gasteiger partial charge on any atom is 0.361 e. The molecular formula is C15H20NO4P. The van der Waals surface area contributed by atoms with Gasteiger partial charge in [-0.15, -0.1) is 0 Å². The van der Waals surface area contributed by atoms with Crippen LogP contribution in [0, 0.1) is 0 Å². The van der Waals surface area contributed by atoms with Gasteiger partial charge in [0.15, 0.2) is 5.78 Å². The molecule has 2 aromatic rings. The summed E-state index contributed by atoms with van der Waals surface area (Å²) in [5.41, 5.74) is 1.45. The van der Waals surface area contributed by atoms with Gasteiger partial charge < -0.3 is 13.4 Å². The molecular weight excluding hydrogens is 289 g/mol. The zero-order chi connectivity index (χ0) is 15.5. The Morgan fingerprint density at radius 2 is 1.86 bits per heavy atom. The summed E-state index contributed by atoms with van der Waals surface area (Å²) in [7, 11) is -3.30. The van der Waals surface area contributed by atoms with Crippen molar-refractivity contribution >= 4 is 24.2 Å². The number of hydrogen-bond donors (Lipinski definition) is 0. The number of carbonyl (C=O) groups excluding carboxylic acids is 1. The molecule has 0 saturated heterocycles. The number of hydrogen-bond acceptors (Lipinski definition) is 4. The average Bonchev–Trinajstić information content (AvgIpc) is 2.89. The first-order valence-electron chi connectivity index (χ1n) is 7.08. The van der Waals surface area contributed by atoms with Gasteiger partial charge in [0.25, 0.3) is 0 Å². The van der Waals surface area contributed by atoms with E-state index in [-0.39, 0.29) is 5.78 Å². The molecule has 0 unspecified atom stereocenters. The summed E-state index contributed by atoms with van der Waals surface area (Å²) in [6, 6.07) is 5.25. The fourth-order valence-corrected chi connectivity index (χ4v) is 3.74. The van der Waals surface area contributed by atoms with E-state index >= 15 is 0 Å². The van der Waals surface area contributed by atoms with Crippen LogP contribution in [0.2, 0.25) is 0 Å². The molecule has 0 aliphatic heterocycles. The second kappa shape index (κ2) is 6.56. The van der Waals surface area contributed by atoms with Crippen LogP contribution in [0.15, 0.2) is 30.6 Å². The number of ketones is 1. The summed E-state index contributed by atoms with van der Waals surface area (Å²) < 4.78 is 25.2. The lowest BCUT2D eigenvalue weighted by atomic mass is 10.2. The van der Waals surface area contributed by atoms with Crippen molar-refractivity contribution in [3.05, 3.63) is 36.2 Å². The van der Waals surface area contributed by atoms with E-state index in [2.05, 4.69) is 0 Å². The summed E-state index contributed by atoms with van der Waals surface area (Å²) in [4.78, 5) is 11.8. The molecule has 0 aliphatic rings. The highest BCUT2D eigenvalue weighted by atomic mass is 31.2. The smallest absolute Gasteiger partial charge is 0.323 e. The lowest BCUT2D eigenvalue weighted by Gasteiger charge is -2.17. The highest BCUT2D eigenvalue weighted by molar-refractivity contribution is 7.62. The fraction of sp³-hybridized carbons (Fsp3) is 0.400. The molecule has 21 heavy (non-hydrogen) atoms. The SMILES string of the molecule is CCOP(=O)(OCC)c1ccn2cc(C(=O)CC)cc2c1. The first kappa shape index (κ1) is 16.0. The zero-order valence-electron chi connectivity index (χ0n) is 12.5. The molecule has 114 valence electrons. The summed E-state index contributed by atoms with van der Waals surface area (Å²) in [6.45, 7) is 6.00. The zero-order valence-corrected chi connectivity index (χ0v) is 13.4. The minimum absolute atomic E-state index is 0.0815. The molecule has 2 heterocycles. The van der Waals surface area contributed by atoms with E-state index in [0.717, 1.165) is 5.52 Å². The van der Waals surface area contributed by atoms with E-state index in [1.165, 1.54) is 0 Å². The van der Waals surface area contributed by atoms with Crippen molar-refractivity contribution in [1.82, 2.24) is 4.40 Å². The van der Waals surface area contributed by atoms with Gasteiger partial charge in [-0.1, -0.05) is 6.92 Å². The van der Waals surface area contributed by atoms with Gasteiger partial charge in [0, 0.05) is 29.9 Å². The van der Waals surface area contributed by atoms with Crippen LogP contribution in [0.4, 0.5) is 0 Å². The summed E-state index contributed by atoms with van der Waals surface area (Å²) in [6.07, 6.45) is 4.00. The van der Waals surface area contributed by atoms with E-state index < -0.39 is 7.60 Å². The van der Waals surface area contributed by atoms with E-state index in [1.54, 1.807) is 44.4 Å². The molecule has 0 aromatic carbocycles. The van der Waals surface area contributed by atoms with Crippen LogP contribution in [0.5, 0.6) is 0 Å². The second-order valence-electron chi connectivity index (χ2n) is 4.56. The van der Waals surface area contributed by atoms with Gasteiger partial charge in [0.1, 0.15) is 0 Å². The number of Topliss-reactive ketones (excluding diaryl/α,β-unsaturated/α-hetero) is 1. The molecule has 2 rings (SSSR count). The third-order valence-corrected chi connectivity index (χ3v) is 5.25. The van der Waals surface area contributed by atoms with Crippen LogP contribution >= 0.6 is 7.60 Å². The third kappa shape index (κ3) is 3.26. The molecule has 0 bridgehead atoms. The highest BCUT2D eigenvalue weighted by Gasteiger charge is 2.27. The first-order valence-corrected chi connectivity index (χ1v) is 8.63. The normalized spacial score (nSPS) is 12.0. The highest BCUT2D eigenvalue weighted by Crippen LogP contribution is 2.46. The Labute approximate surface area is 124 Å². The maximum atomic E-state index is 12.7. The lowest BCUT2D eigenvalue weighted by Crippen LogP contribution is -2.11. The van der Waals surface area contributed by atoms with Crippen molar-refractivity contribution in [1.29, 1.82) is 0 Å². The number of aromatic nitrogens is 1. The van der Waals surface area contributed by atoms with Gasteiger partial charge in [-0.25, -0.2) is 0 Å². The van der Waals surface area contributed by atoms with Gasteiger partial charge in [-0.2, -0.15) is 0 Å². The summed E-state index contributed by atoms with van der Waals surface area (Å²) in [5.74, 6) is 0.0815. The molecule has 2 aromatic heterocycles. The number of nitrogens with zero attached hydrogens (tertiary/aromatic N) is 1.